The second kappa shape index (κ2) is 8.25. The zero-order chi connectivity index (χ0) is 13.3. The lowest BCUT2D eigenvalue weighted by Crippen LogP contribution is -2.40. The monoisotopic (exact) mass is 248 g/mol. The van der Waals surface area contributed by atoms with Crippen molar-refractivity contribution in [3.8, 4) is 0 Å². The van der Waals surface area contributed by atoms with Crippen LogP contribution in [0.3, 0.4) is 0 Å². The van der Waals surface area contributed by atoms with Gasteiger partial charge in [-0.15, -0.1) is 10.9 Å². The van der Waals surface area contributed by atoms with Crippen LogP contribution in [-0.4, -0.2) is 28.4 Å². The molecule has 0 spiro atoms. The Bertz CT molecular complexity index is 283. The number of nitrogens with one attached hydrogen (secondary N) is 2. The molecule has 0 saturated carbocycles. The van der Waals surface area contributed by atoms with Crippen molar-refractivity contribution in [3.63, 3.8) is 0 Å². The average molecular weight is 248 g/mol. The smallest absolute Gasteiger partial charge is 0.160 e. The summed E-state index contributed by atoms with van der Waals surface area (Å²) in [6.45, 7) is 1.81. The molecular formula is C8H16N4O5. The largest absolute Gasteiger partial charge is 0.297 e. The molecular weight excluding hydrogens is 232 g/mol. The second-order valence-corrected chi connectivity index (χ2v) is 3.42. The summed E-state index contributed by atoms with van der Waals surface area (Å²) < 4.78 is 0. The molecule has 0 aliphatic carbocycles. The molecule has 0 fully saturated rings. The van der Waals surface area contributed by atoms with Crippen LogP contribution in [-0.2, 0) is 4.79 Å². The first kappa shape index (κ1) is 15.1. The van der Waals surface area contributed by atoms with Crippen molar-refractivity contribution in [2.24, 2.45) is 0 Å². The Labute approximate surface area is 97.8 Å². The number of carbonyl (C=O) groups excluding carboxylic acids is 1. The van der Waals surface area contributed by atoms with E-state index in [0.29, 0.717) is 19.3 Å². The van der Waals surface area contributed by atoms with Crippen LogP contribution in [0.5, 0.6) is 0 Å². The van der Waals surface area contributed by atoms with Gasteiger partial charge in [-0.3, -0.25) is 4.79 Å². The highest BCUT2D eigenvalue weighted by Crippen LogP contribution is 2.03. The summed E-state index contributed by atoms with van der Waals surface area (Å²) in [6, 6.07) is -0.814. The predicted molar refractivity (Wildman–Crippen MR) is 58.1 cm³/mol. The molecule has 2 N–H and O–H groups in total. The summed E-state index contributed by atoms with van der Waals surface area (Å²) in [4.78, 5) is 31.5. The molecule has 0 saturated heterocycles. The van der Waals surface area contributed by atoms with E-state index in [1.54, 1.807) is 6.92 Å². The number of nitrogens with zero attached hydrogens (tertiary/aromatic N) is 2. The Morgan fingerprint density at radius 3 is 2.35 bits per heavy atom. The van der Waals surface area contributed by atoms with E-state index in [0.717, 1.165) is 0 Å². The SMILES string of the molecule is CCC(=O)[C@H](CCCCN[N+](=O)[O-])N[N+](=O)[O-]. The number of ketones is 1. The van der Waals surface area contributed by atoms with E-state index >= 15 is 0 Å². The van der Waals surface area contributed by atoms with Crippen molar-refractivity contribution >= 4 is 5.78 Å². The van der Waals surface area contributed by atoms with Gasteiger partial charge in [-0.2, -0.15) is 0 Å². The molecule has 0 rings (SSSR count). The molecule has 9 nitrogen and oxygen atoms in total. The fourth-order valence-corrected chi connectivity index (χ4v) is 1.31. The Morgan fingerprint density at radius 1 is 1.24 bits per heavy atom. The molecule has 0 aromatic heterocycles. The molecule has 0 unspecified atom stereocenters. The molecule has 0 aliphatic rings. The average Bonchev–Trinajstić information content (AvgIpc) is 2.25. The van der Waals surface area contributed by atoms with E-state index in [9.17, 15) is 25.0 Å². The van der Waals surface area contributed by atoms with Crippen molar-refractivity contribution in [2.45, 2.75) is 38.6 Å². The maximum atomic E-state index is 11.3. The highest BCUT2D eigenvalue weighted by atomic mass is 16.7. The number of rotatable bonds is 10. The fourth-order valence-electron chi connectivity index (χ4n) is 1.31. The molecule has 98 valence electrons. The van der Waals surface area contributed by atoms with Crippen molar-refractivity contribution < 1.29 is 14.9 Å². The lowest BCUT2D eigenvalue weighted by atomic mass is 10.0. The highest BCUT2D eigenvalue weighted by Gasteiger charge is 2.20. The van der Waals surface area contributed by atoms with Crippen LogP contribution in [0.15, 0.2) is 0 Å². The summed E-state index contributed by atoms with van der Waals surface area (Å²) in [5.41, 5.74) is 3.93. The van der Waals surface area contributed by atoms with Crippen LogP contribution < -0.4 is 10.9 Å². The first-order chi connectivity index (χ1) is 7.97. The molecule has 0 aromatic carbocycles. The van der Waals surface area contributed by atoms with Crippen LogP contribution in [0.2, 0.25) is 0 Å². The quantitative estimate of drug-likeness (QED) is 0.318. The molecule has 17 heavy (non-hydrogen) atoms. The third-order valence-corrected chi connectivity index (χ3v) is 2.16. The highest BCUT2D eigenvalue weighted by molar-refractivity contribution is 5.83. The predicted octanol–water partition coefficient (Wildman–Crippen LogP) is 0.0670. The fraction of sp³-hybridized carbons (Fsp3) is 0.875. The van der Waals surface area contributed by atoms with Gasteiger partial charge in [0.2, 0.25) is 0 Å². The van der Waals surface area contributed by atoms with Gasteiger partial charge in [0.05, 0.1) is 6.54 Å². The van der Waals surface area contributed by atoms with Gasteiger partial charge in [0, 0.05) is 6.42 Å². The summed E-state index contributed by atoms with van der Waals surface area (Å²) in [5.74, 6) is -0.232. The third kappa shape index (κ3) is 7.94. The number of hydrogen-bond donors (Lipinski definition) is 2. The zero-order valence-electron chi connectivity index (χ0n) is 9.55. The maximum Gasteiger partial charge on any atom is 0.160 e. The number of Topliss-reactive ketones (excluding diaryl/α,β-unsaturated/α-hetero) is 1. The van der Waals surface area contributed by atoms with E-state index in [1.165, 1.54) is 0 Å². The van der Waals surface area contributed by atoms with Crippen molar-refractivity contribution in [2.75, 3.05) is 6.54 Å². The van der Waals surface area contributed by atoms with Crippen LogP contribution in [0.1, 0.15) is 32.6 Å². The minimum atomic E-state index is -0.814. The van der Waals surface area contributed by atoms with Crippen molar-refractivity contribution in [1.82, 2.24) is 10.9 Å². The number of nitro groups is 2. The summed E-state index contributed by atoms with van der Waals surface area (Å²) in [6.07, 6.45) is 1.50. The van der Waals surface area contributed by atoms with Crippen LogP contribution in [0.4, 0.5) is 0 Å². The normalized spacial score (nSPS) is 11.6. The molecule has 0 heterocycles. The molecule has 9 heteroatoms. The van der Waals surface area contributed by atoms with Crippen molar-refractivity contribution in [3.05, 3.63) is 20.2 Å². The Balaban J connectivity index is 3.87. The van der Waals surface area contributed by atoms with Gasteiger partial charge < -0.3 is 0 Å². The summed E-state index contributed by atoms with van der Waals surface area (Å²) >= 11 is 0. The topological polar surface area (TPSA) is 127 Å². The van der Waals surface area contributed by atoms with E-state index in [2.05, 4.69) is 0 Å². The molecule has 1 atom stereocenters. The molecule has 0 aromatic rings. The van der Waals surface area contributed by atoms with Gasteiger partial charge in [-0.1, -0.05) is 6.92 Å². The van der Waals surface area contributed by atoms with Gasteiger partial charge in [-0.25, -0.2) is 20.2 Å². The maximum absolute atomic E-state index is 11.3. The van der Waals surface area contributed by atoms with Crippen LogP contribution in [0, 0.1) is 20.2 Å². The molecule has 0 amide bonds. The van der Waals surface area contributed by atoms with Gasteiger partial charge >= 0.3 is 0 Å². The number of hydrazine groups is 2. The standard InChI is InChI=1S/C8H16N4O5/c1-2-8(13)7(10-12(16)17)5-3-4-6-9-11(14)15/h7,9-10H,2-6H2,1H3/t7-/m0/s1. The second-order valence-electron chi connectivity index (χ2n) is 3.42. The van der Waals surface area contributed by atoms with Crippen molar-refractivity contribution in [1.29, 1.82) is 0 Å². The number of unbranched alkanes of at least 4 members (excludes halogenated alkanes) is 1. The first-order valence-corrected chi connectivity index (χ1v) is 5.28. The Kier molecular flexibility index (Phi) is 7.31. The lowest BCUT2D eigenvalue weighted by Gasteiger charge is -2.11. The molecule has 0 bridgehead atoms. The molecule has 0 radical (unpaired) electrons. The van der Waals surface area contributed by atoms with Gasteiger partial charge in [0.1, 0.15) is 6.04 Å². The van der Waals surface area contributed by atoms with Crippen LogP contribution in [0.25, 0.3) is 0 Å². The van der Waals surface area contributed by atoms with Gasteiger partial charge in [0.25, 0.3) is 0 Å². The third-order valence-electron chi connectivity index (χ3n) is 2.16. The minimum absolute atomic E-state index is 0.179. The van der Waals surface area contributed by atoms with Crippen LogP contribution >= 0.6 is 0 Å². The van der Waals surface area contributed by atoms with Gasteiger partial charge in [0.15, 0.2) is 15.8 Å². The van der Waals surface area contributed by atoms with E-state index in [1.807, 2.05) is 10.9 Å². The van der Waals surface area contributed by atoms with E-state index < -0.39 is 16.1 Å². The van der Waals surface area contributed by atoms with Gasteiger partial charge in [-0.05, 0) is 19.3 Å². The summed E-state index contributed by atoms with van der Waals surface area (Å²) in [7, 11) is 0. The zero-order valence-corrected chi connectivity index (χ0v) is 9.55. The number of hydrogen-bond acceptors (Lipinski definition) is 5. The first-order valence-electron chi connectivity index (χ1n) is 5.28. The molecule has 0 aliphatic heterocycles. The Morgan fingerprint density at radius 2 is 1.88 bits per heavy atom. The van der Waals surface area contributed by atoms with E-state index in [-0.39, 0.29) is 18.7 Å². The minimum Gasteiger partial charge on any atom is -0.297 e. The Hall–Kier alpha value is -1.93. The van der Waals surface area contributed by atoms with E-state index in [4.69, 9.17) is 0 Å². The lowest BCUT2D eigenvalue weighted by molar-refractivity contribution is -0.548. The number of carbonyl (C=O) groups is 1. The summed E-state index contributed by atoms with van der Waals surface area (Å²) in [5, 5.41) is 18.8.